The van der Waals surface area contributed by atoms with E-state index in [0.717, 1.165) is 0 Å². The van der Waals surface area contributed by atoms with Crippen molar-refractivity contribution >= 4 is 11.6 Å². The van der Waals surface area contributed by atoms with E-state index >= 15 is 0 Å². The first kappa shape index (κ1) is 15.0. The van der Waals surface area contributed by atoms with Crippen molar-refractivity contribution in [3.8, 4) is 5.75 Å². The minimum Gasteiger partial charge on any atom is -0.491 e. The monoisotopic (exact) mass is 313 g/mol. The first-order valence-corrected chi connectivity index (χ1v) is 7.25. The van der Waals surface area contributed by atoms with Crippen LogP contribution in [0.1, 0.15) is 16.1 Å². The number of nitrogens with zero attached hydrogens (tertiary/aromatic N) is 2. The maximum absolute atomic E-state index is 13.4. The van der Waals surface area contributed by atoms with E-state index in [2.05, 4.69) is 10.3 Å². The summed E-state index contributed by atoms with van der Waals surface area (Å²) < 4.78 is 20.6. The minimum absolute atomic E-state index is 0.233. The maximum Gasteiger partial charge on any atom is 0.270 e. The summed E-state index contributed by atoms with van der Waals surface area (Å²) >= 11 is 0. The van der Waals surface area contributed by atoms with Crippen LogP contribution in [0.3, 0.4) is 0 Å². The molecule has 0 aliphatic rings. The lowest BCUT2D eigenvalue weighted by Crippen LogP contribution is -2.29. The van der Waals surface area contributed by atoms with Crippen LogP contribution in [0.4, 0.5) is 4.39 Å². The van der Waals surface area contributed by atoms with Crippen LogP contribution in [-0.2, 0) is 0 Å². The van der Waals surface area contributed by atoms with E-state index in [1.165, 1.54) is 12.3 Å². The van der Waals surface area contributed by atoms with Gasteiger partial charge in [-0.05, 0) is 31.2 Å². The summed E-state index contributed by atoms with van der Waals surface area (Å²) in [4.78, 5) is 16.3. The summed E-state index contributed by atoms with van der Waals surface area (Å²) in [6, 6.07) is 10.2. The van der Waals surface area contributed by atoms with Gasteiger partial charge in [-0.3, -0.25) is 9.20 Å². The topological polar surface area (TPSA) is 55.6 Å². The summed E-state index contributed by atoms with van der Waals surface area (Å²) in [5.41, 5.74) is 1.63. The van der Waals surface area contributed by atoms with Crippen molar-refractivity contribution in [1.29, 1.82) is 0 Å². The molecule has 3 rings (SSSR count). The second-order valence-corrected chi connectivity index (χ2v) is 5.04. The van der Waals surface area contributed by atoms with Crippen molar-refractivity contribution in [3.05, 3.63) is 65.9 Å². The third-order valence-corrected chi connectivity index (χ3v) is 3.51. The summed E-state index contributed by atoms with van der Waals surface area (Å²) in [5.74, 6) is -0.0606. The van der Waals surface area contributed by atoms with Gasteiger partial charge in [0.1, 0.15) is 29.5 Å². The fourth-order valence-electron chi connectivity index (χ4n) is 2.26. The molecule has 0 bridgehead atoms. The first-order valence-electron chi connectivity index (χ1n) is 7.25. The summed E-state index contributed by atoms with van der Waals surface area (Å²) in [6.45, 7) is 2.23. The SMILES string of the molecule is Cc1c(F)cccc1OCCNC(=O)c1cnc2ccccn12. The van der Waals surface area contributed by atoms with Crippen molar-refractivity contribution < 1.29 is 13.9 Å². The van der Waals surface area contributed by atoms with Gasteiger partial charge in [-0.1, -0.05) is 12.1 Å². The largest absolute Gasteiger partial charge is 0.491 e. The maximum atomic E-state index is 13.4. The molecule has 0 saturated carbocycles. The van der Waals surface area contributed by atoms with Gasteiger partial charge >= 0.3 is 0 Å². The standard InChI is InChI=1S/C17H16FN3O2/c1-12-13(18)5-4-6-15(12)23-10-8-19-17(22)14-11-20-16-7-2-3-9-21(14)16/h2-7,9,11H,8,10H2,1H3,(H,19,22). The van der Waals surface area contributed by atoms with Crippen LogP contribution in [0.5, 0.6) is 5.75 Å². The van der Waals surface area contributed by atoms with E-state index in [1.54, 1.807) is 29.7 Å². The second-order valence-electron chi connectivity index (χ2n) is 5.04. The predicted molar refractivity (Wildman–Crippen MR) is 84.2 cm³/mol. The van der Waals surface area contributed by atoms with Gasteiger partial charge in [0.05, 0.1) is 12.7 Å². The number of fused-ring (bicyclic) bond motifs is 1. The Balaban J connectivity index is 1.56. The van der Waals surface area contributed by atoms with E-state index in [1.807, 2.05) is 18.2 Å². The number of imidazole rings is 1. The Hall–Kier alpha value is -2.89. The van der Waals surface area contributed by atoms with Crippen LogP contribution in [-0.4, -0.2) is 28.4 Å². The number of ether oxygens (including phenoxy) is 1. The van der Waals surface area contributed by atoms with E-state index in [0.29, 0.717) is 29.2 Å². The predicted octanol–water partition coefficient (Wildman–Crippen LogP) is 2.59. The van der Waals surface area contributed by atoms with Crippen molar-refractivity contribution in [3.63, 3.8) is 0 Å². The molecule has 6 heteroatoms. The molecule has 0 aliphatic heterocycles. The number of carbonyl (C=O) groups excluding carboxylic acids is 1. The van der Waals surface area contributed by atoms with Gasteiger partial charge in [0, 0.05) is 11.8 Å². The van der Waals surface area contributed by atoms with Gasteiger partial charge in [-0.2, -0.15) is 0 Å². The zero-order chi connectivity index (χ0) is 16.2. The molecule has 2 aromatic heterocycles. The number of carbonyl (C=O) groups is 1. The van der Waals surface area contributed by atoms with Crippen LogP contribution in [0.25, 0.3) is 5.65 Å². The number of hydrogen-bond donors (Lipinski definition) is 1. The van der Waals surface area contributed by atoms with Gasteiger partial charge in [-0.25, -0.2) is 9.37 Å². The van der Waals surface area contributed by atoms with Gasteiger partial charge < -0.3 is 10.1 Å². The Morgan fingerprint density at radius 1 is 1.30 bits per heavy atom. The smallest absolute Gasteiger partial charge is 0.270 e. The van der Waals surface area contributed by atoms with E-state index < -0.39 is 0 Å². The number of amides is 1. The van der Waals surface area contributed by atoms with Crippen molar-refractivity contribution in [2.75, 3.05) is 13.2 Å². The molecule has 23 heavy (non-hydrogen) atoms. The van der Waals surface area contributed by atoms with Gasteiger partial charge in [0.25, 0.3) is 5.91 Å². The van der Waals surface area contributed by atoms with Crippen LogP contribution in [0.2, 0.25) is 0 Å². The fraction of sp³-hybridized carbons (Fsp3) is 0.176. The Labute approximate surface area is 132 Å². The summed E-state index contributed by atoms with van der Waals surface area (Å²) in [5, 5.41) is 2.76. The number of nitrogens with one attached hydrogen (secondary N) is 1. The van der Waals surface area contributed by atoms with Gasteiger partial charge in [0.2, 0.25) is 0 Å². The molecule has 0 radical (unpaired) electrons. The van der Waals surface area contributed by atoms with Crippen molar-refractivity contribution in [1.82, 2.24) is 14.7 Å². The number of halogens is 1. The van der Waals surface area contributed by atoms with Crippen molar-refractivity contribution in [2.45, 2.75) is 6.92 Å². The minimum atomic E-state index is -0.308. The molecule has 0 spiro atoms. The highest BCUT2D eigenvalue weighted by Gasteiger charge is 2.11. The van der Waals surface area contributed by atoms with E-state index in [4.69, 9.17) is 4.74 Å². The number of rotatable bonds is 5. The zero-order valence-corrected chi connectivity index (χ0v) is 12.6. The highest BCUT2D eigenvalue weighted by atomic mass is 19.1. The molecule has 0 fully saturated rings. The molecule has 0 atom stereocenters. The van der Waals surface area contributed by atoms with Crippen molar-refractivity contribution in [2.24, 2.45) is 0 Å². The Bertz CT molecular complexity index is 845. The molecule has 1 aromatic carbocycles. The van der Waals surface area contributed by atoms with E-state index in [9.17, 15) is 9.18 Å². The highest BCUT2D eigenvalue weighted by Crippen LogP contribution is 2.19. The van der Waals surface area contributed by atoms with Crippen LogP contribution >= 0.6 is 0 Å². The first-order chi connectivity index (χ1) is 11.2. The zero-order valence-electron chi connectivity index (χ0n) is 12.6. The normalized spacial score (nSPS) is 10.7. The Kier molecular flexibility index (Phi) is 4.23. The molecule has 5 nitrogen and oxygen atoms in total. The molecule has 1 amide bonds. The number of pyridine rings is 1. The van der Waals surface area contributed by atoms with Crippen LogP contribution in [0.15, 0.2) is 48.8 Å². The third-order valence-electron chi connectivity index (χ3n) is 3.51. The highest BCUT2D eigenvalue weighted by molar-refractivity contribution is 5.93. The molecule has 3 aromatic rings. The molecular weight excluding hydrogens is 297 g/mol. The number of hydrogen-bond acceptors (Lipinski definition) is 3. The van der Waals surface area contributed by atoms with Crippen LogP contribution < -0.4 is 10.1 Å². The average molecular weight is 313 g/mol. The molecular formula is C17H16FN3O2. The fourth-order valence-corrected chi connectivity index (χ4v) is 2.26. The molecule has 0 unspecified atom stereocenters. The Morgan fingerprint density at radius 3 is 3.04 bits per heavy atom. The number of benzene rings is 1. The third kappa shape index (κ3) is 3.15. The lowest BCUT2D eigenvalue weighted by Gasteiger charge is -2.10. The lowest BCUT2D eigenvalue weighted by atomic mass is 10.2. The Morgan fingerprint density at radius 2 is 2.17 bits per heavy atom. The molecule has 2 heterocycles. The molecule has 0 saturated heterocycles. The summed E-state index contributed by atoms with van der Waals surface area (Å²) in [6.07, 6.45) is 3.31. The lowest BCUT2D eigenvalue weighted by molar-refractivity contribution is 0.0941. The van der Waals surface area contributed by atoms with Crippen LogP contribution in [0, 0.1) is 12.7 Å². The average Bonchev–Trinajstić information content (AvgIpc) is 2.99. The second kappa shape index (κ2) is 6.48. The quantitative estimate of drug-likeness (QED) is 0.737. The summed E-state index contributed by atoms with van der Waals surface area (Å²) in [7, 11) is 0. The molecule has 118 valence electrons. The number of aromatic nitrogens is 2. The van der Waals surface area contributed by atoms with Gasteiger partial charge in [0.15, 0.2) is 0 Å². The molecule has 1 N–H and O–H groups in total. The molecule has 0 aliphatic carbocycles. The van der Waals surface area contributed by atoms with E-state index in [-0.39, 0.29) is 18.3 Å². The van der Waals surface area contributed by atoms with Gasteiger partial charge in [-0.15, -0.1) is 0 Å².